The van der Waals surface area contributed by atoms with E-state index < -0.39 is 0 Å². The molecule has 1 heterocycles. The molecule has 5 nitrogen and oxygen atoms in total. The summed E-state index contributed by atoms with van der Waals surface area (Å²) in [6.45, 7) is 5.07. The van der Waals surface area contributed by atoms with Gasteiger partial charge in [0.05, 0.1) is 11.0 Å². The third kappa shape index (κ3) is 2.62. The van der Waals surface area contributed by atoms with E-state index in [0.29, 0.717) is 0 Å². The number of benzene rings is 1. The zero-order valence-corrected chi connectivity index (χ0v) is 11.5. The van der Waals surface area contributed by atoms with Gasteiger partial charge in [-0.05, 0) is 31.5 Å². The highest BCUT2D eigenvalue weighted by molar-refractivity contribution is 5.80. The predicted octanol–water partition coefficient (Wildman–Crippen LogP) is 3.10. The van der Waals surface area contributed by atoms with E-state index in [-0.39, 0.29) is 5.57 Å². The van der Waals surface area contributed by atoms with Crippen molar-refractivity contribution in [1.29, 1.82) is 10.5 Å². The molecule has 100 valence electrons. The lowest BCUT2D eigenvalue weighted by molar-refractivity contribution is 0.676. The Morgan fingerprint density at radius 1 is 1.40 bits per heavy atom. The minimum absolute atomic E-state index is 0.0396. The molecule has 0 aliphatic rings. The summed E-state index contributed by atoms with van der Waals surface area (Å²) < 4.78 is 2.19. The molecule has 5 heteroatoms. The highest BCUT2D eigenvalue weighted by Crippen LogP contribution is 2.20. The van der Waals surface area contributed by atoms with Gasteiger partial charge in [0.15, 0.2) is 0 Å². The highest BCUT2D eigenvalue weighted by atomic mass is 15.1. The zero-order valence-electron chi connectivity index (χ0n) is 11.5. The number of allylic oxidation sites excluding steroid dienone is 1. The third-order valence-electron chi connectivity index (χ3n) is 3.01. The summed E-state index contributed by atoms with van der Waals surface area (Å²) in [5.41, 5.74) is 2.85. The monoisotopic (exact) mass is 265 g/mol. The molecule has 2 aromatic rings. The smallest absolute Gasteiger partial charge is 0.145 e. The van der Waals surface area contributed by atoms with Crippen molar-refractivity contribution in [2.24, 2.45) is 0 Å². The van der Waals surface area contributed by atoms with Crippen molar-refractivity contribution in [2.45, 2.75) is 26.8 Å². The largest absolute Gasteiger partial charge is 0.360 e. The molecule has 0 saturated carbocycles. The van der Waals surface area contributed by atoms with E-state index in [9.17, 15) is 0 Å². The second-order valence-electron chi connectivity index (χ2n) is 4.44. The fraction of sp³-hybridized carbons (Fsp3) is 0.267. The fourth-order valence-corrected chi connectivity index (χ4v) is 2.09. The van der Waals surface area contributed by atoms with Crippen LogP contribution in [0.1, 0.15) is 19.2 Å². The van der Waals surface area contributed by atoms with E-state index in [4.69, 9.17) is 10.5 Å². The number of fused-ring (bicyclic) bond motifs is 1. The number of anilines is 1. The molecule has 0 radical (unpaired) electrons. The van der Waals surface area contributed by atoms with Crippen molar-refractivity contribution < 1.29 is 0 Å². The van der Waals surface area contributed by atoms with E-state index in [2.05, 4.69) is 21.8 Å². The number of hydrogen-bond donors (Lipinski definition) is 1. The first kappa shape index (κ1) is 13.6. The zero-order chi connectivity index (χ0) is 14.5. The molecular formula is C15H15N5. The van der Waals surface area contributed by atoms with E-state index >= 15 is 0 Å². The summed E-state index contributed by atoms with van der Waals surface area (Å²) in [6.07, 6.45) is 2.46. The lowest BCUT2D eigenvalue weighted by Gasteiger charge is -2.05. The molecule has 1 aromatic carbocycles. The van der Waals surface area contributed by atoms with Crippen LogP contribution in [0.2, 0.25) is 0 Å². The van der Waals surface area contributed by atoms with Crippen molar-refractivity contribution in [2.75, 3.05) is 5.32 Å². The van der Waals surface area contributed by atoms with Crippen LogP contribution in [0.3, 0.4) is 0 Å². The summed E-state index contributed by atoms with van der Waals surface area (Å²) in [7, 11) is 0. The summed E-state index contributed by atoms with van der Waals surface area (Å²) in [6, 6.07) is 9.44. The fourth-order valence-electron chi connectivity index (χ4n) is 2.09. The van der Waals surface area contributed by atoms with Crippen molar-refractivity contribution in [3.05, 3.63) is 35.8 Å². The second-order valence-corrected chi connectivity index (χ2v) is 4.44. The van der Waals surface area contributed by atoms with Gasteiger partial charge in [0.2, 0.25) is 0 Å². The minimum Gasteiger partial charge on any atom is -0.360 e. The molecule has 1 aromatic heterocycles. The number of aryl methyl sites for hydroxylation is 2. The number of nitrogens with zero attached hydrogens (tertiary/aromatic N) is 4. The van der Waals surface area contributed by atoms with Gasteiger partial charge in [-0.25, -0.2) is 4.98 Å². The lowest BCUT2D eigenvalue weighted by Crippen LogP contribution is -1.98. The molecule has 0 spiro atoms. The number of aromatic nitrogens is 2. The maximum atomic E-state index is 8.68. The molecule has 0 aliphatic heterocycles. The Morgan fingerprint density at radius 3 is 2.80 bits per heavy atom. The second kappa shape index (κ2) is 5.90. The molecular weight excluding hydrogens is 250 g/mol. The van der Waals surface area contributed by atoms with Crippen LogP contribution in [0.5, 0.6) is 0 Å². The van der Waals surface area contributed by atoms with E-state index in [1.807, 2.05) is 25.1 Å². The average Bonchev–Trinajstić information content (AvgIpc) is 2.76. The van der Waals surface area contributed by atoms with Crippen LogP contribution in [0.25, 0.3) is 11.0 Å². The van der Waals surface area contributed by atoms with Gasteiger partial charge in [-0.1, -0.05) is 6.92 Å². The van der Waals surface area contributed by atoms with Crippen LogP contribution in [0.15, 0.2) is 30.0 Å². The molecule has 0 aliphatic carbocycles. The first-order chi connectivity index (χ1) is 9.69. The molecule has 2 rings (SSSR count). The van der Waals surface area contributed by atoms with Gasteiger partial charge in [0.25, 0.3) is 0 Å². The van der Waals surface area contributed by atoms with Crippen LogP contribution in [0, 0.1) is 29.6 Å². The standard InChI is InChI=1S/C15H15N5/c1-3-6-20-11(2)19-14-7-13(4-5-15(14)20)18-10-12(8-16)9-17/h4-5,7,10,18H,3,6H2,1-2H3. The average molecular weight is 265 g/mol. The van der Waals surface area contributed by atoms with Gasteiger partial charge < -0.3 is 9.88 Å². The van der Waals surface area contributed by atoms with Gasteiger partial charge in [0.1, 0.15) is 23.5 Å². The first-order valence-corrected chi connectivity index (χ1v) is 6.43. The van der Waals surface area contributed by atoms with Gasteiger partial charge in [-0.2, -0.15) is 10.5 Å². The maximum absolute atomic E-state index is 8.68. The molecule has 0 atom stereocenters. The highest BCUT2D eigenvalue weighted by Gasteiger charge is 2.06. The molecule has 1 N–H and O–H groups in total. The summed E-state index contributed by atoms with van der Waals surface area (Å²) in [5.74, 6) is 0.990. The van der Waals surface area contributed by atoms with E-state index in [1.165, 1.54) is 6.20 Å². The Morgan fingerprint density at radius 2 is 2.15 bits per heavy atom. The van der Waals surface area contributed by atoms with Gasteiger partial charge in [-0.15, -0.1) is 0 Å². The number of imidazole rings is 1. The summed E-state index contributed by atoms with van der Waals surface area (Å²) >= 11 is 0. The predicted molar refractivity (Wildman–Crippen MR) is 77.7 cm³/mol. The Hall–Kier alpha value is -2.79. The van der Waals surface area contributed by atoms with Gasteiger partial charge >= 0.3 is 0 Å². The molecule has 0 bridgehead atoms. The third-order valence-corrected chi connectivity index (χ3v) is 3.01. The topological polar surface area (TPSA) is 77.4 Å². The van der Waals surface area contributed by atoms with E-state index in [1.54, 1.807) is 12.1 Å². The Kier molecular flexibility index (Phi) is 4.02. The number of nitriles is 2. The Labute approximate surface area is 117 Å². The van der Waals surface area contributed by atoms with Crippen LogP contribution in [-0.4, -0.2) is 9.55 Å². The first-order valence-electron chi connectivity index (χ1n) is 6.43. The Balaban J connectivity index is 2.34. The van der Waals surface area contributed by atoms with Crippen LogP contribution < -0.4 is 5.32 Å². The Bertz CT molecular complexity index is 724. The number of rotatable bonds is 4. The number of nitrogens with one attached hydrogen (secondary N) is 1. The van der Waals surface area contributed by atoms with Crippen molar-refractivity contribution >= 4 is 16.7 Å². The SMILES string of the molecule is CCCn1c(C)nc2cc(NC=C(C#N)C#N)ccc21. The molecule has 20 heavy (non-hydrogen) atoms. The molecule has 0 amide bonds. The van der Waals surface area contributed by atoms with Crippen molar-refractivity contribution in [3.63, 3.8) is 0 Å². The van der Waals surface area contributed by atoms with Crippen LogP contribution in [0.4, 0.5) is 5.69 Å². The van der Waals surface area contributed by atoms with Gasteiger partial charge in [0, 0.05) is 18.4 Å². The summed E-state index contributed by atoms with van der Waals surface area (Å²) in [4.78, 5) is 4.53. The molecule has 0 unspecified atom stereocenters. The molecule has 0 fully saturated rings. The van der Waals surface area contributed by atoms with Crippen LogP contribution in [-0.2, 0) is 6.54 Å². The van der Waals surface area contributed by atoms with Gasteiger partial charge in [-0.3, -0.25) is 0 Å². The normalized spacial score (nSPS) is 9.80. The number of hydrogen-bond acceptors (Lipinski definition) is 4. The minimum atomic E-state index is 0.0396. The summed E-state index contributed by atoms with van der Waals surface area (Å²) in [5, 5.41) is 20.3. The molecule has 0 saturated heterocycles. The quantitative estimate of drug-likeness (QED) is 0.862. The lowest BCUT2D eigenvalue weighted by atomic mass is 10.2. The maximum Gasteiger partial charge on any atom is 0.145 e. The van der Waals surface area contributed by atoms with Crippen molar-refractivity contribution in [3.8, 4) is 12.1 Å². The van der Waals surface area contributed by atoms with Crippen LogP contribution >= 0.6 is 0 Å². The van der Waals surface area contributed by atoms with E-state index in [0.717, 1.165) is 35.5 Å². The van der Waals surface area contributed by atoms with Crippen molar-refractivity contribution in [1.82, 2.24) is 9.55 Å².